The molecular weight excluding hydrogens is 502 g/mol. The minimum atomic E-state index is -4.31. The van der Waals surface area contributed by atoms with Crippen LogP contribution in [0.15, 0.2) is 59.6 Å². The van der Waals surface area contributed by atoms with Crippen LogP contribution in [0.1, 0.15) is 54.7 Å². The molecule has 9 nitrogen and oxygen atoms in total. The third kappa shape index (κ3) is 5.60. The highest BCUT2D eigenvalue weighted by Crippen LogP contribution is 2.39. The zero-order chi connectivity index (χ0) is 26.9. The van der Waals surface area contributed by atoms with E-state index >= 15 is 0 Å². The lowest BCUT2D eigenvalue weighted by atomic mass is 9.93. The third-order valence-corrected chi connectivity index (χ3v) is 8.31. The summed E-state index contributed by atoms with van der Waals surface area (Å²) >= 11 is 0. The van der Waals surface area contributed by atoms with Gasteiger partial charge in [-0.1, -0.05) is 30.3 Å². The van der Waals surface area contributed by atoms with E-state index in [1.54, 1.807) is 18.2 Å². The van der Waals surface area contributed by atoms with Gasteiger partial charge in [-0.2, -0.15) is 8.42 Å². The van der Waals surface area contributed by atoms with Crippen LogP contribution in [0, 0.1) is 12.8 Å². The standard InChI is InChI=1S/C28H33N5O4S/c1-19-11-12-23-26(30-19)33-17-21(16-28(33,2)3)10-7-13-29-24-14-22(37-18-20-8-5-4-6-9-20)15-25(31-24)38(35,36)32-27(23)34/h4-6,8-9,11-12,14-15,21H,7,10,13,16-18H2,1-3H3,(H,29,31)(H,32,34)/t21-/m0/s1. The van der Waals surface area contributed by atoms with E-state index in [1.165, 1.54) is 6.07 Å². The number of carbonyl (C=O) groups excluding carboxylic acids is 1. The quantitative estimate of drug-likeness (QED) is 0.511. The number of aryl methyl sites for hydroxylation is 1. The molecule has 2 aliphatic heterocycles. The second kappa shape index (κ2) is 10.2. The molecule has 2 N–H and O–H groups in total. The van der Waals surface area contributed by atoms with Crippen molar-refractivity contribution in [3.63, 3.8) is 0 Å². The SMILES string of the molecule is Cc1ccc2c(n1)N1C[C@@H](CCCNc3cc(OCc4ccccc4)cc(n3)S(=O)(=O)NC2=O)CC1(C)C. The number of benzene rings is 1. The summed E-state index contributed by atoms with van der Waals surface area (Å²) in [4.78, 5) is 24.6. The number of nitrogens with zero attached hydrogens (tertiary/aromatic N) is 3. The number of carbonyl (C=O) groups is 1. The van der Waals surface area contributed by atoms with Crippen LogP contribution in [0.4, 0.5) is 11.6 Å². The average molecular weight is 536 g/mol. The first-order valence-corrected chi connectivity index (χ1v) is 14.3. The Hall–Kier alpha value is -3.66. The number of pyridine rings is 2. The fourth-order valence-corrected chi connectivity index (χ4v) is 6.20. The topological polar surface area (TPSA) is 114 Å². The molecule has 4 heterocycles. The number of aromatic nitrogens is 2. The zero-order valence-corrected chi connectivity index (χ0v) is 22.7. The van der Waals surface area contributed by atoms with Crippen molar-refractivity contribution >= 4 is 27.6 Å². The predicted octanol–water partition coefficient (Wildman–Crippen LogP) is 4.29. The van der Waals surface area contributed by atoms with Crippen LogP contribution in [0.5, 0.6) is 5.75 Å². The van der Waals surface area contributed by atoms with Crippen LogP contribution < -0.4 is 19.7 Å². The van der Waals surface area contributed by atoms with Crippen molar-refractivity contribution in [2.75, 3.05) is 23.3 Å². The van der Waals surface area contributed by atoms with Crippen molar-refractivity contribution in [3.8, 4) is 5.75 Å². The number of amides is 1. The van der Waals surface area contributed by atoms with Crippen LogP contribution in [0.25, 0.3) is 0 Å². The van der Waals surface area contributed by atoms with Gasteiger partial charge in [0.05, 0.1) is 5.56 Å². The number of anilines is 2. The second-order valence-electron chi connectivity index (χ2n) is 10.6. The van der Waals surface area contributed by atoms with Gasteiger partial charge in [0, 0.05) is 36.5 Å². The smallest absolute Gasteiger partial charge is 0.282 e. The predicted molar refractivity (Wildman–Crippen MR) is 146 cm³/mol. The molecule has 0 saturated carbocycles. The Labute approximate surface area is 223 Å². The Bertz CT molecular complexity index is 1440. The van der Waals surface area contributed by atoms with Gasteiger partial charge in [0.1, 0.15) is 24.0 Å². The van der Waals surface area contributed by atoms with E-state index in [0.29, 0.717) is 29.8 Å². The number of hydrogen-bond donors (Lipinski definition) is 2. The Balaban J connectivity index is 1.51. The normalized spacial score (nSPS) is 20.3. The highest BCUT2D eigenvalue weighted by Gasteiger charge is 2.40. The van der Waals surface area contributed by atoms with Gasteiger partial charge < -0.3 is 15.0 Å². The van der Waals surface area contributed by atoms with Crippen LogP contribution in [0.2, 0.25) is 0 Å². The lowest BCUT2D eigenvalue weighted by Crippen LogP contribution is -2.41. The van der Waals surface area contributed by atoms with E-state index < -0.39 is 15.9 Å². The van der Waals surface area contributed by atoms with Gasteiger partial charge in [0.25, 0.3) is 15.9 Å². The average Bonchev–Trinajstić information content (AvgIpc) is 3.18. The van der Waals surface area contributed by atoms with Crippen LogP contribution >= 0.6 is 0 Å². The second-order valence-corrected chi connectivity index (χ2v) is 12.3. The Morgan fingerprint density at radius 1 is 1.11 bits per heavy atom. The maximum atomic E-state index is 13.4. The van der Waals surface area contributed by atoms with Gasteiger partial charge in [-0.3, -0.25) is 4.79 Å². The molecule has 1 saturated heterocycles. The molecule has 38 heavy (non-hydrogen) atoms. The summed E-state index contributed by atoms with van der Waals surface area (Å²) in [5, 5.41) is 2.96. The van der Waals surface area contributed by atoms with Crippen LogP contribution in [-0.4, -0.2) is 42.9 Å². The van der Waals surface area contributed by atoms with E-state index in [1.807, 2.05) is 37.3 Å². The summed E-state index contributed by atoms with van der Waals surface area (Å²) in [6, 6.07) is 16.0. The molecule has 0 unspecified atom stereocenters. The van der Waals surface area contributed by atoms with Crippen molar-refractivity contribution in [2.24, 2.45) is 5.92 Å². The Kier molecular flexibility index (Phi) is 7.00. The van der Waals surface area contributed by atoms with E-state index in [4.69, 9.17) is 4.74 Å². The molecule has 200 valence electrons. The molecule has 0 spiro atoms. The Morgan fingerprint density at radius 2 is 1.89 bits per heavy atom. The van der Waals surface area contributed by atoms with Crippen LogP contribution in [0.3, 0.4) is 0 Å². The zero-order valence-electron chi connectivity index (χ0n) is 21.9. The van der Waals surface area contributed by atoms with Crippen molar-refractivity contribution in [3.05, 3.63) is 71.4 Å². The summed E-state index contributed by atoms with van der Waals surface area (Å²) in [7, 11) is -4.31. The molecule has 10 heteroatoms. The number of hydrogen-bond acceptors (Lipinski definition) is 8. The van der Waals surface area contributed by atoms with Gasteiger partial charge in [0.2, 0.25) is 0 Å². The maximum Gasteiger partial charge on any atom is 0.282 e. The summed E-state index contributed by atoms with van der Waals surface area (Å²) in [5.41, 5.74) is 1.70. The number of ether oxygens (including phenoxy) is 1. The van der Waals surface area contributed by atoms with Crippen molar-refractivity contribution in [1.29, 1.82) is 0 Å². The molecule has 2 aromatic heterocycles. The molecule has 5 rings (SSSR count). The molecule has 1 aromatic carbocycles. The number of sulfonamides is 1. The summed E-state index contributed by atoms with van der Waals surface area (Å²) < 4.78 is 34.9. The molecule has 4 bridgehead atoms. The van der Waals surface area contributed by atoms with E-state index in [-0.39, 0.29) is 22.7 Å². The van der Waals surface area contributed by atoms with E-state index in [2.05, 4.69) is 38.8 Å². The summed E-state index contributed by atoms with van der Waals surface area (Å²) in [6.45, 7) is 7.79. The first-order valence-electron chi connectivity index (χ1n) is 12.9. The highest BCUT2D eigenvalue weighted by molar-refractivity contribution is 7.90. The van der Waals surface area contributed by atoms with Crippen molar-refractivity contribution in [1.82, 2.24) is 14.7 Å². The van der Waals surface area contributed by atoms with Gasteiger partial charge in [-0.05, 0) is 63.6 Å². The number of rotatable bonds is 3. The first-order chi connectivity index (χ1) is 18.1. The fraction of sp³-hybridized carbons (Fsp3) is 0.393. The van der Waals surface area contributed by atoms with Crippen LogP contribution in [-0.2, 0) is 16.6 Å². The largest absolute Gasteiger partial charge is 0.489 e. The third-order valence-electron chi connectivity index (χ3n) is 7.10. The molecule has 3 aromatic rings. The van der Waals surface area contributed by atoms with E-state index in [0.717, 1.165) is 37.1 Å². The molecule has 1 amide bonds. The van der Waals surface area contributed by atoms with Gasteiger partial charge in [-0.25, -0.2) is 14.7 Å². The highest BCUT2D eigenvalue weighted by atomic mass is 32.2. The number of fused-ring (bicyclic) bond motifs is 6. The first kappa shape index (κ1) is 26.0. The molecular formula is C28H33N5O4S. The molecule has 2 aliphatic rings. The minimum absolute atomic E-state index is 0.220. The van der Waals surface area contributed by atoms with Crippen molar-refractivity contribution in [2.45, 2.75) is 57.2 Å². The summed E-state index contributed by atoms with van der Waals surface area (Å²) in [5.74, 6) is 0.903. The Morgan fingerprint density at radius 3 is 2.68 bits per heavy atom. The van der Waals surface area contributed by atoms with Gasteiger partial charge in [-0.15, -0.1) is 0 Å². The van der Waals surface area contributed by atoms with Crippen molar-refractivity contribution < 1.29 is 17.9 Å². The van der Waals surface area contributed by atoms with E-state index in [9.17, 15) is 13.2 Å². The molecule has 1 atom stereocenters. The summed E-state index contributed by atoms with van der Waals surface area (Å²) in [6.07, 6.45) is 2.82. The maximum absolute atomic E-state index is 13.4. The lowest BCUT2D eigenvalue weighted by Gasteiger charge is -2.33. The lowest BCUT2D eigenvalue weighted by molar-refractivity contribution is 0.0981. The monoisotopic (exact) mass is 535 g/mol. The number of nitrogens with one attached hydrogen (secondary N) is 2. The molecule has 0 radical (unpaired) electrons. The minimum Gasteiger partial charge on any atom is -0.489 e. The molecule has 1 fully saturated rings. The van der Waals surface area contributed by atoms with Gasteiger partial charge >= 0.3 is 0 Å². The fourth-order valence-electron chi connectivity index (χ4n) is 5.25. The molecule has 0 aliphatic carbocycles. The van der Waals surface area contributed by atoms with Gasteiger partial charge in [0.15, 0.2) is 5.03 Å².